The molecule has 0 spiro atoms. The van der Waals surface area contributed by atoms with Gasteiger partial charge in [-0.2, -0.15) is 0 Å². The van der Waals surface area contributed by atoms with Crippen molar-refractivity contribution in [3.63, 3.8) is 0 Å². The zero-order chi connectivity index (χ0) is 23.3. The zero-order valence-electron chi connectivity index (χ0n) is 19.1. The number of nitrogens with one attached hydrogen (secondary N) is 1. The van der Waals surface area contributed by atoms with Crippen LogP contribution in [0.25, 0.3) is 10.1 Å². The van der Waals surface area contributed by atoms with E-state index in [4.69, 9.17) is 4.74 Å². The van der Waals surface area contributed by atoms with Crippen LogP contribution in [-0.2, 0) is 16.1 Å². The molecule has 0 saturated heterocycles. The number of hydrogen-bond acceptors (Lipinski definition) is 4. The van der Waals surface area contributed by atoms with E-state index in [1.807, 2.05) is 75.4 Å². The Kier molecular flexibility index (Phi) is 7.22. The number of hydrogen-bond donors (Lipinski definition) is 1. The molecule has 0 radical (unpaired) electrons. The fourth-order valence-corrected chi connectivity index (χ4v) is 4.56. The molecular weight excluding hydrogens is 420 g/mol. The number of nitrogens with zero attached hydrogens (tertiary/aromatic N) is 1. The number of methoxy groups -OCH3 is 1. The van der Waals surface area contributed by atoms with Crippen LogP contribution in [0, 0.1) is 11.8 Å². The summed E-state index contributed by atoms with van der Waals surface area (Å²) in [4.78, 5) is 29.0. The number of rotatable bonds is 6. The van der Waals surface area contributed by atoms with E-state index in [2.05, 4.69) is 17.2 Å². The van der Waals surface area contributed by atoms with E-state index >= 15 is 0 Å². The normalized spacial score (nSPS) is 11.9. The molecule has 1 heterocycles. The highest BCUT2D eigenvalue weighted by Crippen LogP contribution is 2.34. The van der Waals surface area contributed by atoms with Crippen LogP contribution in [0.2, 0.25) is 0 Å². The summed E-state index contributed by atoms with van der Waals surface area (Å²) < 4.78 is 6.30. The molecule has 1 unspecified atom stereocenters. The first-order valence-corrected chi connectivity index (χ1v) is 11.2. The maximum atomic E-state index is 13.5. The average molecular weight is 449 g/mol. The molecule has 1 aromatic heterocycles. The van der Waals surface area contributed by atoms with Crippen molar-refractivity contribution >= 4 is 33.2 Å². The van der Waals surface area contributed by atoms with Crippen LogP contribution >= 0.6 is 11.3 Å². The van der Waals surface area contributed by atoms with Gasteiger partial charge in [-0.05, 0) is 68.8 Å². The average Bonchev–Trinajstić information content (AvgIpc) is 3.16. The van der Waals surface area contributed by atoms with Crippen molar-refractivity contribution in [3.8, 4) is 17.6 Å². The molecule has 2 amide bonds. The standard InChI is InChI=1S/C26H28N2O3S/c1-6-9-23(29)28(17-18-12-14-20(31-5)15-13-18)24(25(30)27-26(2,3)4)22-16-19-10-7-8-11-21(19)32-22/h7-8,10-16,24H,17H2,1-5H3,(H,27,30). The van der Waals surface area contributed by atoms with Crippen molar-refractivity contribution < 1.29 is 14.3 Å². The van der Waals surface area contributed by atoms with Crippen LogP contribution < -0.4 is 10.1 Å². The van der Waals surface area contributed by atoms with Crippen LogP contribution in [0.5, 0.6) is 5.75 Å². The van der Waals surface area contributed by atoms with Crippen molar-refractivity contribution in [1.82, 2.24) is 10.2 Å². The molecule has 166 valence electrons. The Hall–Kier alpha value is -3.30. The number of thiophene rings is 1. The lowest BCUT2D eigenvalue weighted by molar-refractivity contribution is -0.138. The molecular formula is C26H28N2O3S. The van der Waals surface area contributed by atoms with E-state index in [0.717, 1.165) is 26.3 Å². The minimum atomic E-state index is -0.804. The molecule has 0 aliphatic heterocycles. The monoisotopic (exact) mass is 448 g/mol. The summed E-state index contributed by atoms with van der Waals surface area (Å²) in [5.74, 6) is 5.41. The third kappa shape index (κ3) is 5.68. The van der Waals surface area contributed by atoms with E-state index in [-0.39, 0.29) is 12.5 Å². The van der Waals surface area contributed by atoms with Crippen LogP contribution in [0.3, 0.4) is 0 Å². The third-order valence-corrected chi connectivity index (χ3v) is 5.95. The predicted molar refractivity (Wildman–Crippen MR) is 129 cm³/mol. The highest BCUT2D eigenvalue weighted by atomic mass is 32.1. The van der Waals surface area contributed by atoms with E-state index < -0.39 is 17.5 Å². The van der Waals surface area contributed by atoms with Gasteiger partial charge in [0.15, 0.2) is 0 Å². The Morgan fingerprint density at radius 2 is 1.81 bits per heavy atom. The summed E-state index contributed by atoms with van der Waals surface area (Å²) in [6.07, 6.45) is 0. The molecule has 1 N–H and O–H groups in total. The molecule has 3 aromatic rings. The summed E-state index contributed by atoms with van der Waals surface area (Å²) in [7, 11) is 1.61. The van der Waals surface area contributed by atoms with Gasteiger partial charge in [0.05, 0.1) is 7.11 Å². The lowest BCUT2D eigenvalue weighted by Crippen LogP contribution is -2.48. The second-order valence-corrected chi connectivity index (χ2v) is 9.60. The molecule has 0 saturated carbocycles. The van der Waals surface area contributed by atoms with Crippen LogP contribution in [0.15, 0.2) is 54.6 Å². The molecule has 0 aliphatic rings. The lowest BCUT2D eigenvalue weighted by Gasteiger charge is -2.32. The molecule has 6 heteroatoms. The second kappa shape index (κ2) is 9.88. The Bertz CT molecular complexity index is 1130. The van der Waals surface area contributed by atoms with Crippen molar-refractivity contribution in [2.75, 3.05) is 7.11 Å². The summed E-state index contributed by atoms with van der Waals surface area (Å²) >= 11 is 1.52. The highest BCUT2D eigenvalue weighted by Gasteiger charge is 2.34. The van der Waals surface area contributed by atoms with Crippen molar-refractivity contribution in [2.24, 2.45) is 0 Å². The Labute approximate surface area is 193 Å². The smallest absolute Gasteiger partial charge is 0.299 e. The third-order valence-electron chi connectivity index (χ3n) is 4.78. The minimum Gasteiger partial charge on any atom is -0.497 e. The Morgan fingerprint density at radius 3 is 2.41 bits per heavy atom. The predicted octanol–water partition coefficient (Wildman–Crippen LogP) is 4.92. The number of carbonyl (C=O) groups is 2. The lowest BCUT2D eigenvalue weighted by atomic mass is 10.1. The van der Waals surface area contributed by atoms with Gasteiger partial charge in [-0.15, -0.1) is 11.3 Å². The van der Waals surface area contributed by atoms with Gasteiger partial charge in [-0.25, -0.2) is 0 Å². The van der Waals surface area contributed by atoms with E-state index in [0.29, 0.717) is 0 Å². The molecule has 0 aliphatic carbocycles. The number of fused-ring (bicyclic) bond motifs is 1. The SMILES string of the molecule is CC#CC(=O)N(Cc1ccc(OC)cc1)C(C(=O)NC(C)(C)C)c1cc2ccccc2s1. The molecule has 32 heavy (non-hydrogen) atoms. The van der Waals surface area contributed by atoms with Crippen LogP contribution in [0.4, 0.5) is 0 Å². The van der Waals surface area contributed by atoms with Gasteiger partial charge in [0, 0.05) is 21.7 Å². The molecule has 1 atom stereocenters. The number of amides is 2. The topological polar surface area (TPSA) is 58.6 Å². The minimum absolute atomic E-state index is 0.233. The Balaban J connectivity index is 2.08. The molecule has 0 bridgehead atoms. The summed E-state index contributed by atoms with van der Waals surface area (Å²) in [5, 5.41) is 4.09. The zero-order valence-corrected chi connectivity index (χ0v) is 19.9. The van der Waals surface area contributed by atoms with Gasteiger partial charge in [0.2, 0.25) is 5.91 Å². The van der Waals surface area contributed by atoms with Crippen LogP contribution in [-0.4, -0.2) is 29.4 Å². The summed E-state index contributed by atoms with van der Waals surface area (Å²) in [6, 6.07) is 16.6. The van der Waals surface area contributed by atoms with Crippen molar-refractivity contribution in [2.45, 2.75) is 45.8 Å². The first-order valence-electron chi connectivity index (χ1n) is 10.4. The van der Waals surface area contributed by atoms with Crippen molar-refractivity contribution in [3.05, 3.63) is 65.0 Å². The fraction of sp³-hybridized carbons (Fsp3) is 0.308. The van der Waals surface area contributed by atoms with E-state index in [1.165, 1.54) is 11.3 Å². The number of benzene rings is 2. The molecule has 0 fully saturated rings. The van der Waals surface area contributed by atoms with Gasteiger partial charge in [-0.3, -0.25) is 9.59 Å². The highest BCUT2D eigenvalue weighted by molar-refractivity contribution is 7.19. The van der Waals surface area contributed by atoms with Crippen molar-refractivity contribution in [1.29, 1.82) is 0 Å². The fourth-order valence-electron chi connectivity index (χ4n) is 3.39. The van der Waals surface area contributed by atoms with E-state index in [9.17, 15) is 9.59 Å². The summed E-state index contributed by atoms with van der Waals surface area (Å²) in [6.45, 7) is 7.64. The van der Waals surface area contributed by atoms with E-state index in [1.54, 1.807) is 18.9 Å². The largest absolute Gasteiger partial charge is 0.497 e. The molecule has 3 rings (SSSR count). The maximum Gasteiger partial charge on any atom is 0.299 e. The quantitative estimate of drug-likeness (QED) is 0.545. The van der Waals surface area contributed by atoms with Crippen LogP contribution in [0.1, 0.15) is 44.2 Å². The van der Waals surface area contributed by atoms with Gasteiger partial charge in [-0.1, -0.05) is 36.3 Å². The summed E-state index contributed by atoms with van der Waals surface area (Å²) in [5.41, 5.74) is 0.434. The maximum absolute atomic E-state index is 13.5. The number of ether oxygens (including phenoxy) is 1. The number of carbonyl (C=O) groups excluding carboxylic acids is 2. The van der Waals surface area contributed by atoms with Gasteiger partial charge in [0.25, 0.3) is 5.91 Å². The Morgan fingerprint density at radius 1 is 1.12 bits per heavy atom. The second-order valence-electron chi connectivity index (χ2n) is 8.48. The first-order chi connectivity index (χ1) is 15.2. The molecule has 2 aromatic carbocycles. The van der Waals surface area contributed by atoms with Gasteiger partial charge < -0.3 is 15.0 Å². The van der Waals surface area contributed by atoms with Gasteiger partial charge in [0.1, 0.15) is 11.8 Å². The molecule has 5 nitrogen and oxygen atoms in total. The first kappa shape index (κ1) is 23.4. The van der Waals surface area contributed by atoms with Gasteiger partial charge >= 0.3 is 0 Å².